The average molecular weight is 481 g/mol. The molecule has 0 aliphatic carbocycles. The van der Waals surface area contributed by atoms with E-state index < -0.39 is 12.0 Å². The van der Waals surface area contributed by atoms with Crippen LogP contribution in [0.2, 0.25) is 0 Å². The number of carbonyl (C=O) groups is 1. The molecule has 6 nitrogen and oxygen atoms in total. The van der Waals surface area contributed by atoms with Crippen molar-refractivity contribution < 1.29 is 13.9 Å². The maximum absolute atomic E-state index is 15.0. The summed E-state index contributed by atoms with van der Waals surface area (Å²) in [7, 11) is 0. The van der Waals surface area contributed by atoms with Gasteiger partial charge in [-0.15, -0.1) is 10.2 Å². The van der Waals surface area contributed by atoms with Gasteiger partial charge in [0.15, 0.2) is 5.69 Å². The van der Waals surface area contributed by atoms with Crippen LogP contribution in [0.1, 0.15) is 57.4 Å². The van der Waals surface area contributed by atoms with Crippen molar-refractivity contribution >= 4 is 23.4 Å². The number of benzene rings is 2. The van der Waals surface area contributed by atoms with Crippen LogP contribution in [0.4, 0.5) is 10.1 Å². The second-order valence-corrected chi connectivity index (χ2v) is 9.87. The summed E-state index contributed by atoms with van der Waals surface area (Å²) in [5.41, 5.74) is 3.00. The highest BCUT2D eigenvalue weighted by atomic mass is 32.2. The van der Waals surface area contributed by atoms with Crippen molar-refractivity contribution in [3.8, 4) is 17.1 Å². The van der Waals surface area contributed by atoms with E-state index in [4.69, 9.17) is 4.74 Å². The monoisotopic (exact) mass is 480 g/mol. The van der Waals surface area contributed by atoms with Crippen LogP contribution in [-0.2, 0) is 4.79 Å². The Kier molecular flexibility index (Phi) is 7.46. The van der Waals surface area contributed by atoms with Gasteiger partial charge in [-0.2, -0.15) is 4.98 Å². The van der Waals surface area contributed by atoms with E-state index in [1.54, 1.807) is 18.2 Å². The summed E-state index contributed by atoms with van der Waals surface area (Å²) in [5, 5.41) is 9.28. The molecule has 2 aromatic carbocycles. The van der Waals surface area contributed by atoms with E-state index in [2.05, 4.69) is 29.0 Å². The first-order valence-corrected chi connectivity index (χ1v) is 12.6. The highest BCUT2D eigenvalue weighted by molar-refractivity contribution is 7.99. The molecule has 4 rings (SSSR count). The molecular weight excluding hydrogens is 451 g/mol. The maximum Gasteiger partial charge on any atom is 0.247 e. The minimum Gasteiger partial charge on any atom is -0.447 e. The number of carbonyl (C=O) groups excluding carboxylic acids is 1. The molecule has 0 saturated heterocycles. The summed E-state index contributed by atoms with van der Waals surface area (Å²) in [6.45, 7) is 8.24. The van der Waals surface area contributed by atoms with Crippen LogP contribution in [0.3, 0.4) is 0 Å². The Bertz CT molecular complexity index is 1190. The van der Waals surface area contributed by atoms with Gasteiger partial charge in [-0.25, -0.2) is 4.39 Å². The molecular formula is C26H29FN4O2S. The van der Waals surface area contributed by atoms with Crippen molar-refractivity contribution in [2.45, 2.75) is 58.3 Å². The first-order chi connectivity index (χ1) is 16.4. The Labute approximate surface area is 204 Å². The minimum atomic E-state index is -1.02. The highest BCUT2D eigenvalue weighted by Gasteiger charge is 2.36. The van der Waals surface area contributed by atoms with Crippen LogP contribution in [-0.4, -0.2) is 26.8 Å². The number of rotatable bonds is 7. The number of fused-ring (bicyclic) bond motifs is 3. The van der Waals surface area contributed by atoms with Gasteiger partial charge in [0.1, 0.15) is 5.82 Å². The van der Waals surface area contributed by atoms with Gasteiger partial charge in [0.25, 0.3) is 0 Å². The van der Waals surface area contributed by atoms with Crippen LogP contribution < -0.4 is 9.64 Å². The zero-order valence-electron chi connectivity index (χ0n) is 19.9. The summed E-state index contributed by atoms with van der Waals surface area (Å²) in [6, 6.07) is 12.1. The van der Waals surface area contributed by atoms with Gasteiger partial charge in [-0.05, 0) is 43.9 Å². The van der Waals surface area contributed by atoms with Crippen molar-refractivity contribution in [1.29, 1.82) is 0 Å². The number of aryl methyl sites for hydroxylation is 1. The number of halogens is 1. The molecule has 0 spiro atoms. The van der Waals surface area contributed by atoms with Crippen molar-refractivity contribution in [1.82, 2.24) is 15.2 Å². The molecule has 0 radical (unpaired) electrons. The molecule has 178 valence electrons. The second-order valence-electron chi connectivity index (χ2n) is 8.81. The Morgan fingerprint density at radius 2 is 2.00 bits per heavy atom. The molecule has 1 aromatic heterocycles. The quantitative estimate of drug-likeness (QED) is 0.367. The topological polar surface area (TPSA) is 68.2 Å². The third kappa shape index (κ3) is 5.06. The Morgan fingerprint density at radius 1 is 1.21 bits per heavy atom. The van der Waals surface area contributed by atoms with Crippen LogP contribution in [0.5, 0.6) is 5.88 Å². The lowest BCUT2D eigenvalue weighted by atomic mass is 10.0. The van der Waals surface area contributed by atoms with Crippen molar-refractivity contribution in [3.63, 3.8) is 0 Å². The largest absolute Gasteiger partial charge is 0.447 e. The van der Waals surface area contributed by atoms with Gasteiger partial charge in [-0.1, -0.05) is 62.4 Å². The molecule has 1 aliphatic rings. The van der Waals surface area contributed by atoms with Gasteiger partial charge < -0.3 is 4.74 Å². The van der Waals surface area contributed by atoms with E-state index in [-0.39, 0.29) is 17.4 Å². The van der Waals surface area contributed by atoms with E-state index in [0.717, 1.165) is 17.7 Å². The third-order valence-electron chi connectivity index (χ3n) is 5.59. The SMILES string of the molecule is CCCC(=O)N1c2ccc(C)cc2-c2nnc(SCCC(C)C)nc2OC1c1ccccc1F. The van der Waals surface area contributed by atoms with Crippen molar-refractivity contribution in [2.24, 2.45) is 5.92 Å². The summed E-state index contributed by atoms with van der Waals surface area (Å²) in [6.07, 6.45) is 0.953. The summed E-state index contributed by atoms with van der Waals surface area (Å²) < 4.78 is 21.3. The van der Waals surface area contributed by atoms with Crippen LogP contribution in [0.15, 0.2) is 47.6 Å². The normalized spacial score (nSPS) is 14.9. The molecule has 0 saturated carbocycles. The van der Waals surface area contributed by atoms with Gasteiger partial charge in [0, 0.05) is 23.3 Å². The van der Waals surface area contributed by atoms with Crippen molar-refractivity contribution in [3.05, 3.63) is 59.4 Å². The summed E-state index contributed by atoms with van der Waals surface area (Å²) in [5.74, 6) is 1.05. The number of hydrogen-bond acceptors (Lipinski definition) is 6. The van der Waals surface area contributed by atoms with Gasteiger partial charge in [0.05, 0.1) is 5.69 Å². The van der Waals surface area contributed by atoms with Crippen LogP contribution in [0, 0.1) is 18.7 Å². The van der Waals surface area contributed by atoms with E-state index >= 15 is 0 Å². The Hall–Kier alpha value is -3.00. The molecule has 0 N–H and O–H groups in total. The Morgan fingerprint density at radius 3 is 2.74 bits per heavy atom. The molecule has 3 aromatic rings. The second kappa shape index (κ2) is 10.5. The lowest BCUT2D eigenvalue weighted by Crippen LogP contribution is -2.38. The fraction of sp³-hybridized carbons (Fsp3) is 0.385. The van der Waals surface area contributed by atoms with E-state index in [1.807, 2.05) is 32.0 Å². The smallest absolute Gasteiger partial charge is 0.247 e. The molecule has 34 heavy (non-hydrogen) atoms. The summed E-state index contributed by atoms with van der Waals surface area (Å²) in [4.78, 5) is 19.6. The van der Waals surface area contributed by atoms with E-state index in [9.17, 15) is 9.18 Å². The summed E-state index contributed by atoms with van der Waals surface area (Å²) >= 11 is 1.51. The fourth-order valence-electron chi connectivity index (χ4n) is 3.81. The predicted molar refractivity (Wildman–Crippen MR) is 132 cm³/mol. The number of ether oxygens (including phenoxy) is 1. The number of thioether (sulfide) groups is 1. The first kappa shape index (κ1) is 24.1. The molecule has 1 aliphatic heterocycles. The highest BCUT2D eigenvalue weighted by Crippen LogP contribution is 2.44. The molecule has 1 unspecified atom stereocenters. The molecule has 1 amide bonds. The van der Waals surface area contributed by atoms with Gasteiger partial charge in [-0.3, -0.25) is 9.69 Å². The lowest BCUT2D eigenvalue weighted by Gasteiger charge is -2.31. The third-order valence-corrected chi connectivity index (χ3v) is 6.46. The zero-order chi connectivity index (χ0) is 24.2. The number of aromatic nitrogens is 3. The maximum atomic E-state index is 15.0. The van der Waals surface area contributed by atoms with Crippen molar-refractivity contribution in [2.75, 3.05) is 10.7 Å². The number of anilines is 1. The molecule has 0 fully saturated rings. The van der Waals surface area contributed by atoms with Gasteiger partial charge in [0.2, 0.25) is 23.2 Å². The zero-order valence-corrected chi connectivity index (χ0v) is 20.7. The van der Waals surface area contributed by atoms with E-state index in [1.165, 1.54) is 22.7 Å². The number of amides is 1. The first-order valence-electron chi connectivity index (χ1n) is 11.6. The fourth-order valence-corrected chi connectivity index (χ4v) is 4.83. The van der Waals surface area contributed by atoms with E-state index in [0.29, 0.717) is 40.9 Å². The standard InChI is InChI=1S/C26H29FN4O2S/c1-5-8-22(32)31-21-12-11-17(4)15-19(21)23-24(28-26(30-29-23)34-14-13-16(2)3)33-25(31)18-9-6-7-10-20(18)27/h6-7,9-12,15-16,25H,5,8,13-14H2,1-4H3. The molecule has 0 bridgehead atoms. The Balaban J connectivity index is 1.87. The lowest BCUT2D eigenvalue weighted by molar-refractivity contribution is -0.120. The number of nitrogens with zero attached hydrogens (tertiary/aromatic N) is 4. The average Bonchev–Trinajstić information content (AvgIpc) is 2.93. The van der Waals surface area contributed by atoms with Gasteiger partial charge >= 0.3 is 0 Å². The number of hydrogen-bond donors (Lipinski definition) is 0. The van der Waals surface area contributed by atoms with Crippen LogP contribution >= 0.6 is 11.8 Å². The predicted octanol–water partition coefficient (Wildman–Crippen LogP) is 6.35. The molecule has 2 heterocycles. The van der Waals surface area contributed by atoms with Crippen LogP contribution in [0.25, 0.3) is 11.3 Å². The minimum absolute atomic E-state index is 0.159. The molecule has 1 atom stereocenters. The molecule has 8 heteroatoms.